The molecule has 0 spiro atoms. The third kappa shape index (κ3) is 3.98. The van der Waals surface area contributed by atoms with Gasteiger partial charge in [-0.25, -0.2) is 0 Å². The third-order valence-corrected chi connectivity index (χ3v) is 3.96. The molecule has 0 radical (unpaired) electrons. The van der Waals surface area contributed by atoms with Gasteiger partial charge in [-0.1, -0.05) is 23.2 Å². The number of halogens is 2. The van der Waals surface area contributed by atoms with Crippen molar-refractivity contribution in [1.29, 1.82) is 0 Å². The van der Waals surface area contributed by atoms with Crippen molar-refractivity contribution in [3.05, 3.63) is 39.9 Å². The first kappa shape index (κ1) is 15.4. The van der Waals surface area contributed by atoms with Crippen molar-refractivity contribution in [2.75, 3.05) is 13.1 Å². The number of nitrogens with zero attached hydrogens (tertiary/aromatic N) is 1. The summed E-state index contributed by atoms with van der Waals surface area (Å²) in [5, 5.41) is 10.6. The molecule has 1 aliphatic rings. The van der Waals surface area contributed by atoms with Crippen LogP contribution in [0.15, 0.2) is 24.3 Å². The van der Waals surface area contributed by atoms with Gasteiger partial charge in [0.15, 0.2) is 0 Å². The molecule has 1 saturated heterocycles. The molecule has 1 amide bonds. The molecule has 5 heteroatoms. The molecule has 0 saturated carbocycles. The molecule has 3 nitrogen and oxygen atoms in total. The van der Waals surface area contributed by atoms with E-state index in [1.807, 2.05) is 0 Å². The molecule has 1 aromatic rings. The normalized spacial score (nSPS) is 20.6. The van der Waals surface area contributed by atoms with Crippen LogP contribution in [0.1, 0.15) is 18.9 Å². The average molecular weight is 314 g/mol. The lowest BCUT2D eigenvalue weighted by atomic mass is 10.0. The van der Waals surface area contributed by atoms with Gasteiger partial charge in [-0.2, -0.15) is 0 Å². The maximum absolute atomic E-state index is 12.0. The smallest absolute Gasteiger partial charge is 0.246 e. The molecule has 1 aromatic carbocycles. The second kappa shape index (κ2) is 6.61. The lowest BCUT2D eigenvalue weighted by Crippen LogP contribution is -2.28. The van der Waals surface area contributed by atoms with Crippen molar-refractivity contribution < 1.29 is 9.90 Å². The predicted octanol–water partition coefficient (Wildman–Crippen LogP) is 3.24. The monoisotopic (exact) mass is 313 g/mol. The zero-order valence-corrected chi connectivity index (χ0v) is 12.7. The summed E-state index contributed by atoms with van der Waals surface area (Å²) >= 11 is 11.8. The zero-order chi connectivity index (χ0) is 14.7. The number of likely N-dealkylation sites (tertiary alicyclic amines) is 1. The summed E-state index contributed by atoms with van der Waals surface area (Å²) in [6.07, 6.45) is 3.70. The van der Waals surface area contributed by atoms with E-state index in [-0.39, 0.29) is 17.9 Å². The Hall–Kier alpha value is -1.03. The van der Waals surface area contributed by atoms with Gasteiger partial charge in [0.25, 0.3) is 0 Å². The summed E-state index contributed by atoms with van der Waals surface area (Å²) in [6, 6.07) is 5.15. The van der Waals surface area contributed by atoms with Crippen LogP contribution in [0.2, 0.25) is 10.0 Å². The van der Waals surface area contributed by atoms with E-state index in [1.54, 1.807) is 36.1 Å². The molecule has 108 valence electrons. The molecule has 2 rings (SSSR count). The van der Waals surface area contributed by atoms with Crippen LogP contribution in [0.4, 0.5) is 0 Å². The molecule has 0 bridgehead atoms. The van der Waals surface area contributed by atoms with E-state index in [1.165, 1.54) is 6.08 Å². The van der Waals surface area contributed by atoms with E-state index < -0.39 is 0 Å². The summed E-state index contributed by atoms with van der Waals surface area (Å²) < 4.78 is 0. The topological polar surface area (TPSA) is 40.5 Å². The molecule has 1 aliphatic heterocycles. The van der Waals surface area contributed by atoms with E-state index in [2.05, 4.69) is 0 Å². The molecule has 0 aliphatic carbocycles. The fraction of sp³-hybridized carbons (Fsp3) is 0.400. The highest BCUT2D eigenvalue weighted by atomic mass is 35.5. The van der Waals surface area contributed by atoms with Crippen LogP contribution >= 0.6 is 23.2 Å². The lowest BCUT2D eigenvalue weighted by Gasteiger charge is -2.15. The van der Waals surface area contributed by atoms with Crippen LogP contribution in [0.25, 0.3) is 6.08 Å². The zero-order valence-electron chi connectivity index (χ0n) is 11.2. The van der Waals surface area contributed by atoms with Crippen molar-refractivity contribution in [2.24, 2.45) is 5.92 Å². The highest BCUT2D eigenvalue weighted by Gasteiger charge is 2.27. The fourth-order valence-electron chi connectivity index (χ4n) is 2.33. The summed E-state index contributed by atoms with van der Waals surface area (Å²) in [5.74, 6) is 0.122. The van der Waals surface area contributed by atoms with E-state index in [0.29, 0.717) is 23.1 Å². The van der Waals surface area contributed by atoms with E-state index >= 15 is 0 Å². The molecule has 0 aromatic heterocycles. The van der Waals surface area contributed by atoms with Gasteiger partial charge in [0.05, 0.1) is 6.10 Å². The number of amides is 1. The third-order valence-electron chi connectivity index (χ3n) is 3.52. The summed E-state index contributed by atoms with van der Waals surface area (Å²) in [4.78, 5) is 13.8. The summed E-state index contributed by atoms with van der Waals surface area (Å²) in [5.41, 5.74) is 0.794. The number of rotatable bonds is 3. The molecular formula is C15H17Cl2NO2. The Bertz CT molecular complexity index is 508. The standard InChI is InChI=1S/C15H17Cl2NO2/c1-10(19)12-4-5-18(9-12)15(20)3-2-11-6-13(16)8-14(17)7-11/h2-3,6-8,10,12,19H,4-5,9H2,1H3/b3-2+. The number of aliphatic hydroxyl groups excluding tert-OH is 1. The Balaban J connectivity index is 1.99. The summed E-state index contributed by atoms with van der Waals surface area (Å²) in [6.45, 7) is 3.06. The summed E-state index contributed by atoms with van der Waals surface area (Å²) in [7, 11) is 0. The first-order valence-electron chi connectivity index (χ1n) is 6.57. The van der Waals surface area contributed by atoms with E-state index in [0.717, 1.165) is 12.0 Å². The molecule has 1 fully saturated rings. The minimum atomic E-state index is -0.372. The van der Waals surface area contributed by atoms with Crippen LogP contribution < -0.4 is 0 Å². The average Bonchev–Trinajstić information content (AvgIpc) is 2.84. The number of benzene rings is 1. The van der Waals surface area contributed by atoms with Gasteiger partial charge in [0.1, 0.15) is 0 Å². The van der Waals surface area contributed by atoms with Crippen LogP contribution in [0, 0.1) is 5.92 Å². The fourth-order valence-corrected chi connectivity index (χ4v) is 2.87. The van der Waals surface area contributed by atoms with Crippen molar-refractivity contribution in [3.8, 4) is 0 Å². The number of hydrogen-bond acceptors (Lipinski definition) is 2. The number of carbonyl (C=O) groups excluding carboxylic acids is 1. The molecule has 1 heterocycles. The van der Waals surface area contributed by atoms with Crippen LogP contribution in [-0.4, -0.2) is 35.1 Å². The van der Waals surface area contributed by atoms with Gasteiger partial charge >= 0.3 is 0 Å². The van der Waals surface area contributed by atoms with E-state index in [4.69, 9.17) is 23.2 Å². The van der Waals surface area contributed by atoms with Gasteiger partial charge in [-0.05, 0) is 43.2 Å². The Morgan fingerprint density at radius 2 is 2.05 bits per heavy atom. The first-order chi connectivity index (χ1) is 9.45. The lowest BCUT2D eigenvalue weighted by molar-refractivity contribution is -0.125. The number of aliphatic hydroxyl groups is 1. The maximum atomic E-state index is 12.0. The quantitative estimate of drug-likeness (QED) is 0.870. The Kier molecular flexibility index (Phi) is 5.08. The van der Waals surface area contributed by atoms with Crippen LogP contribution in [0.3, 0.4) is 0 Å². The second-order valence-corrected chi connectivity index (χ2v) is 5.98. The Labute approximate surface area is 128 Å². The van der Waals surface area contributed by atoms with Gasteiger partial charge < -0.3 is 10.0 Å². The molecular weight excluding hydrogens is 297 g/mol. The van der Waals surface area contributed by atoms with Crippen molar-refractivity contribution in [3.63, 3.8) is 0 Å². The largest absolute Gasteiger partial charge is 0.393 e. The molecule has 20 heavy (non-hydrogen) atoms. The van der Waals surface area contributed by atoms with Crippen molar-refractivity contribution >= 4 is 35.2 Å². The van der Waals surface area contributed by atoms with Crippen LogP contribution in [0.5, 0.6) is 0 Å². The molecule has 1 N–H and O–H groups in total. The molecule has 2 unspecified atom stereocenters. The maximum Gasteiger partial charge on any atom is 0.246 e. The van der Waals surface area contributed by atoms with Crippen LogP contribution in [-0.2, 0) is 4.79 Å². The first-order valence-corrected chi connectivity index (χ1v) is 7.32. The minimum Gasteiger partial charge on any atom is -0.393 e. The number of carbonyl (C=O) groups is 1. The predicted molar refractivity (Wildman–Crippen MR) is 81.9 cm³/mol. The number of hydrogen-bond donors (Lipinski definition) is 1. The minimum absolute atomic E-state index is 0.0516. The van der Waals surface area contributed by atoms with Crippen molar-refractivity contribution in [2.45, 2.75) is 19.4 Å². The van der Waals surface area contributed by atoms with Gasteiger partial charge in [-0.3, -0.25) is 4.79 Å². The van der Waals surface area contributed by atoms with Gasteiger partial charge in [0, 0.05) is 35.1 Å². The second-order valence-electron chi connectivity index (χ2n) is 5.11. The van der Waals surface area contributed by atoms with Crippen molar-refractivity contribution in [1.82, 2.24) is 4.90 Å². The highest BCUT2D eigenvalue weighted by molar-refractivity contribution is 6.34. The van der Waals surface area contributed by atoms with Gasteiger partial charge in [0.2, 0.25) is 5.91 Å². The highest BCUT2D eigenvalue weighted by Crippen LogP contribution is 2.21. The Morgan fingerprint density at radius 1 is 1.40 bits per heavy atom. The SMILES string of the molecule is CC(O)C1CCN(C(=O)/C=C/c2cc(Cl)cc(Cl)c2)C1. The van der Waals surface area contributed by atoms with Gasteiger partial charge in [-0.15, -0.1) is 0 Å². The Morgan fingerprint density at radius 3 is 2.60 bits per heavy atom. The van der Waals surface area contributed by atoms with E-state index in [9.17, 15) is 9.90 Å². The molecule has 2 atom stereocenters.